The summed E-state index contributed by atoms with van der Waals surface area (Å²) in [6.07, 6.45) is 6.30. The zero-order chi connectivity index (χ0) is 15.7. The molecule has 1 aliphatic carbocycles. The van der Waals surface area contributed by atoms with E-state index in [9.17, 15) is 4.79 Å². The summed E-state index contributed by atoms with van der Waals surface area (Å²) >= 11 is 0. The van der Waals surface area contributed by atoms with Crippen LogP contribution >= 0.6 is 0 Å². The van der Waals surface area contributed by atoms with E-state index in [1.807, 2.05) is 24.3 Å². The van der Waals surface area contributed by atoms with Crippen molar-refractivity contribution in [1.29, 1.82) is 0 Å². The minimum Gasteiger partial charge on any atom is -0.337 e. The van der Waals surface area contributed by atoms with E-state index in [0.29, 0.717) is 18.5 Å². The van der Waals surface area contributed by atoms with Crippen molar-refractivity contribution >= 4 is 6.03 Å². The van der Waals surface area contributed by atoms with Crippen molar-refractivity contribution in [2.24, 2.45) is 13.0 Å². The summed E-state index contributed by atoms with van der Waals surface area (Å²) in [6, 6.07) is 0.554. The lowest BCUT2D eigenvalue weighted by atomic mass is 10.1. The molecule has 1 saturated heterocycles. The number of urea groups is 1. The Morgan fingerprint density at radius 1 is 1.45 bits per heavy atom. The normalized spacial score (nSPS) is 24.3. The predicted molar refractivity (Wildman–Crippen MR) is 85.5 cm³/mol. The highest BCUT2D eigenvalue weighted by Gasteiger charge is 2.34. The third kappa shape index (κ3) is 3.11. The highest BCUT2D eigenvalue weighted by Crippen LogP contribution is 2.32. The number of nitrogens with zero attached hydrogens (tertiary/aromatic N) is 4. The van der Waals surface area contributed by atoms with Crippen LogP contribution in [-0.2, 0) is 7.05 Å². The molecule has 1 aliphatic heterocycles. The average Bonchev–Trinajstić information content (AvgIpc) is 3.29. The van der Waals surface area contributed by atoms with Gasteiger partial charge in [-0.2, -0.15) is 0 Å². The molecule has 2 atom stereocenters. The van der Waals surface area contributed by atoms with Crippen molar-refractivity contribution in [3.8, 4) is 0 Å². The maximum absolute atomic E-state index is 12.5. The molecule has 1 aromatic rings. The number of rotatable bonds is 4. The largest absolute Gasteiger partial charge is 0.337 e. The minimum absolute atomic E-state index is 0.0781. The number of hydrogen-bond acceptors (Lipinski definition) is 3. The van der Waals surface area contributed by atoms with Crippen molar-refractivity contribution in [2.45, 2.75) is 38.8 Å². The third-order valence-electron chi connectivity index (χ3n) is 5.02. The standard InChI is InChI=1S/C16H27N5O/c1-4-20-9-10-21(16(22)18-12(2)13-5-6-13)11-14(20)15-17-7-8-19(15)3/h7-8,12-14H,4-6,9-11H2,1-3H3,(H,18,22)/t12-,14-/m1/s1. The molecule has 122 valence electrons. The van der Waals surface area contributed by atoms with Crippen LogP contribution in [0.25, 0.3) is 0 Å². The molecule has 22 heavy (non-hydrogen) atoms. The molecule has 3 rings (SSSR count). The predicted octanol–water partition coefficient (Wildman–Crippen LogP) is 1.61. The van der Waals surface area contributed by atoms with Crippen LogP contribution in [-0.4, -0.2) is 57.6 Å². The van der Waals surface area contributed by atoms with Crippen LogP contribution in [0.5, 0.6) is 0 Å². The van der Waals surface area contributed by atoms with Crippen LogP contribution in [0.4, 0.5) is 4.79 Å². The van der Waals surface area contributed by atoms with Crippen molar-refractivity contribution in [3.63, 3.8) is 0 Å². The summed E-state index contributed by atoms with van der Waals surface area (Å²) in [7, 11) is 2.02. The Bertz CT molecular complexity index is 524. The van der Waals surface area contributed by atoms with Crippen molar-refractivity contribution in [3.05, 3.63) is 18.2 Å². The molecule has 0 unspecified atom stereocenters. The quantitative estimate of drug-likeness (QED) is 0.919. The van der Waals surface area contributed by atoms with Crippen LogP contribution < -0.4 is 5.32 Å². The number of nitrogens with one attached hydrogen (secondary N) is 1. The highest BCUT2D eigenvalue weighted by atomic mass is 16.2. The molecule has 0 bridgehead atoms. The number of aryl methyl sites for hydroxylation is 1. The maximum Gasteiger partial charge on any atom is 0.317 e. The summed E-state index contributed by atoms with van der Waals surface area (Å²) in [5.41, 5.74) is 0. The molecular weight excluding hydrogens is 278 g/mol. The Morgan fingerprint density at radius 2 is 2.23 bits per heavy atom. The summed E-state index contributed by atoms with van der Waals surface area (Å²) < 4.78 is 2.06. The fourth-order valence-electron chi connectivity index (χ4n) is 3.33. The van der Waals surface area contributed by atoms with Crippen LogP contribution in [0.3, 0.4) is 0 Å². The van der Waals surface area contributed by atoms with E-state index in [0.717, 1.165) is 25.5 Å². The summed E-state index contributed by atoms with van der Waals surface area (Å²) in [5, 5.41) is 3.17. The van der Waals surface area contributed by atoms with Crippen molar-refractivity contribution in [2.75, 3.05) is 26.2 Å². The van der Waals surface area contributed by atoms with Crippen molar-refractivity contribution in [1.82, 2.24) is 24.7 Å². The first-order valence-electron chi connectivity index (χ1n) is 8.36. The van der Waals surface area contributed by atoms with E-state index in [1.165, 1.54) is 12.8 Å². The number of piperazine rings is 1. The topological polar surface area (TPSA) is 53.4 Å². The molecule has 0 aromatic carbocycles. The van der Waals surface area contributed by atoms with E-state index in [1.54, 1.807) is 0 Å². The second-order valence-corrected chi connectivity index (χ2v) is 6.56. The number of carbonyl (C=O) groups is 1. The van der Waals surface area contributed by atoms with Crippen LogP contribution in [0.15, 0.2) is 12.4 Å². The molecule has 2 heterocycles. The van der Waals surface area contributed by atoms with E-state index >= 15 is 0 Å². The van der Waals surface area contributed by atoms with E-state index in [2.05, 4.69) is 33.6 Å². The van der Waals surface area contributed by atoms with Gasteiger partial charge in [0.2, 0.25) is 0 Å². The van der Waals surface area contributed by atoms with Crippen molar-refractivity contribution < 1.29 is 4.79 Å². The molecule has 1 aromatic heterocycles. The molecule has 0 spiro atoms. The zero-order valence-corrected chi connectivity index (χ0v) is 13.8. The van der Waals surface area contributed by atoms with Gasteiger partial charge in [-0.15, -0.1) is 0 Å². The number of imidazole rings is 1. The number of carbonyl (C=O) groups excluding carboxylic acids is 1. The lowest BCUT2D eigenvalue weighted by Gasteiger charge is -2.40. The molecule has 0 radical (unpaired) electrons. The van der Waals surface area contributed by atoms with Gasteiger partial charge in [0.15, 0.2) is 0 Å². The zero-order valence-electron chi connectivity index (χ0n) is 13.8. The van der Waals surface area contributed by atoms with E-state index in [-0.39, 0.29) is 12.1 Å². The van der Waals surface area contributed by atoms with Gasteiger partial charge in [0.05, 0.1) is 6.04 Å². The van der Waals surface area contributed by atoms with E-state index < -0.39 is 0 Å². The number of hydrogen-bond donors (Lipinski definition) is 1. The second kappa shape index (κ2) is 6.28. The molecular formula is C16H27N5O. The Hall–Kier alpha value is -1.56. The molecule has 2 aliphatic rings. The lowest BCUT2D eigenvalue weighted by molar-refractivity contribution is 0.0867. The molecule has 1 saturated carbocycles. The molecule has 6 heteroatoms. The number of amides is 2. The Balaban J connectivity index is 1.67. The number of aromatic nitrogens is 2. The molecule has 1 N–H and O–H groups in total. The SMILES string of the molecule is CCN1CCN(C(=O)N[C@H](C)C2CC2)C[C@@H]1c1nccn1C. The number of likely N-dealkylation sites (N-methyl/N-ethyl adjacent to an activating group) is 1. The summed E-state index contributed by atoms with van der Waals surface area (Å²) in [5.74, 6) is 1.72. The highest BCUT2D eigenvalue weighted by molar-refractivity contribution is 5.74. The van der Waals surface area contributed by atoms with Gasteiger partial charge >= 0.3 is 6.03 Å². The third-order valence-corrected chi connectivity index (χ3v) is 5.02. The molecule has 2 fully saturated rings. The second-order valence-electron chi connectivity index (χ2n) is 6.56. The fraction of sp³-hybridized carbons (Fsp3) is 0.750. The maximum atomic E-state index is 12.5. The van der Waals surface area contributed by atoms with Crippen LogP contribution in [0.1, 0.15) is 38.6 Å². The van der Waals surface area contributed by atoms with Gasteiger partial charge in [-0.1, -0.05) is 6.92 Å². The monoisotopic (exact) mass is 305 g/mol. The average molecular weight is 305 g/mol. The summed E-state index contributed by atoms with van der Waals surface area (Å²) in [4.78, 5) is 21.3. The Morgan fingerprint density at radius 3 is 2.82 bits per heavy atom. The van der Waals surface area contributed by atoms with Gasteiger partial charge in [0, 0.05) is 45.1 Å². The van der Waals surface area contributed by atoms with Gasteiger partial charge in [0.25, 0.3) is 0 Å². The van der Waals surface area contributed by atoms with E-state index in [4.69, 9.17) is 0 Å². The first kappa shape index (κ1) is 15.3. The van der Waals surface area contributed by atoms with Gasteiger partial charge in [0.1, 0.15) is 5.82 Å². The molecule has 2 amide bonds. The first-order valence-corrected chi connectivity index (χ1v) is 8.36. The van der Waals surface area contributed by atoms with Gasteiger partial charge in [-0.3, -0.25) is 4.90 Å². The minimum atomic E-state index is 0.0781. The van der Waals surface area contributed by atoms with Gasteiger partial charge < -0.3 is 14.8 Å². The van der Waals surface area contributed by atoms with Crippen LogP contribution in [0.2, 0.25) is 0 Å². The molecule has 6 nitrogen and oxygen atoms in total. The van der Waals surface area contributed by atoms with Gasteiger partial charge in [-0.05, 0) is 32.2 Å². The fourth-order valence-corrected chi connectivity index (χ4v) is 3.33. The Kier molecular flexibility index (Phi) is 4.38. The Labute approximate surface area is 132 Å². The first-order chi connectivity index (χ1) is 10.6. The smallest absolute Gasteiger partial charge is 0.317 e. The lowest BCUT2D eigenvalue weighted by Crippen LogP contribution is -2.54. The van der Waals surface area contributed by atoms with Gasteiger partial charge in [-0.25, -0.2) is 9.78 Å². The van der Waals surface area contributed by atoms with Crippen LogP contribution in [0, 0.1) is 5.92 Å². The summed E-state index contributed by atoms with van der Waals surface area (Å²) in [6.45, 7) is 7.67.